The molecular formula is C9H18OSi. The highest BCUT2D eigenvalue weighted by molar-refractivity contribution is 6.76. The normalized spacial score (nSPS) is 12.4. The molecule has 0 bridgehead atoms. The monoisotopic (exact) mass is 170 g/mol. The van der Waals surface area contributed by atoms with E-state index in [1.807, 2.05) is 19.9 Å². The summed E-state index contributed by atoms with van der Waals surface area (Å²) in [6.07, 6.45) is 2.04. The molecule has 0 rings (SSSR count). The summed E-state index contributed by atoms with van der Waals surface area (Å²) in [7, 11) is -1.51. The van der Waals surface area contributed by atoms with Crippen LogP contribution in [0.1, 0.15) is 13.8 Å². The van der Waals surface area contributed by atoms with Crippen molar-refractivity contribution in [3.63, 3.8) is 0 Å². The third kappa shape index (κ3) is 6.07. The molecule has 0 aliphatic rings. The molecule has 0 aromatic heterocycles. The van der Waals surface area contributed by atoms with E-state index < -0.39 is 8.32 Å². The molecule has 64 valence electrons. The lowest BCUT2D eigenvalue weighted by Crippen LogP contribution is -2.27. The van der Waals surface area contributed by atoms with Crippen LogP contribution in [0.3, 0.4) is 0 Å². The van der Waals surface area contributed by atoms with Gasteiger partial charge in [-0.2, -0.15) is 0 Å². The van der Waals surface area contributed by atoms with Crippen molar-refractivity contribution in [1.29, 1.82) is 0 Å². The smallest absolute Gasteiger partial charge is 0.211 e. The minimum absolute atomic E-state index is 0.805. The lowest BCUT2D eigenvalue weighted by molar-refractivity contribution is 0.338. The van der Waals surface area contributed by atoms with Gasteiger partial charge in [0.2, 0.25) is 8.32 Å². The molecule has 0 aliphatic carbocycles. The van der Waals surface area contributed by atoms with E-state index in [9.17, 15) is 0 Å². The molecule has 0 atom stereocenters. The molecule has 0 aromatic rings. The maximum Gasteiger partial charge on any atom is 0.211 e. The van der Waals surface area contributed by atoms with Crippen LogP contribution in [0, 0.1) is 0 Å². The second kappa shape index (κ2) is 4.52. The molecule has 0 N–H and O–H groups in total. The molecule has 0 saturated heterocycles. The largest absolute Gasteiger partial charge is 0.414 e. The van der Waals surface area contributed by atoms with Gasteiger partial charge in [-0.25, -0.2) is 0 Å². The Bertz CT molecular complexity index is 159. The summed E-state index contributed by atoms with van der Waals surface area (Å²) in [5.74, 6) is 0. The van der Waals surface area contributed by atoms with Gasteiger partial charge >= 0.3 is 0 Å². The Hall–Kier alpha value is -0.343. The van der Waals surface area contributed by atoms with E-state index in [1.165, 1.54) is 0 Å². The molecule has 0 spiro atoms. The molecule has 11 heavy (non-hydrogen) atoms. The zero-order chi connectivity index (χ0) is 8.91. The third-order valence-corrected chi connectivity index (χ3v) is 3.29. The van der Waals surface area contributed by atoms with Crippen molar-refractivity contribution in [1.82, 2.24) is 0 Å². The molecule has 0 saturated carbocycles. The zero-order valence-corrected chi connectivity index (χ0v) is 8.98. The molecule has 0 heterocycles. The first-order valence-corrected chi connectivity index (χ1v) is 6.95. The first kappa shape index (κ1) is 10.7. The van der Waals surface area contributed by atoms with Gasteiger partial charge in [-0.15, -0.1) is 0 Å². The van der Waals surface area contributed by atoms with Crippen molar-refractivity contribution < 1.29 is 4.43 Å². The maximum atomic E-state index is 5.59. The van der Waals surface area contributed by atoms with Crippen molar-refractivity contribution >= 4 is 8.32 Å². The molecule has 0 radical (unpaired) electrons. The summed E-state index contributed by atoms with van der Waals surface area (Å²) in [5.41, 5.74) is 3.25. The van der Waals surface area contributed by atoms with Crippen LogP contribution in [0.2, 0.25) is 13.1 Å². The number of hydrogen-bond acceptors (Lipinski definition) is 1. The summed E-state index contributed by atoms with van der Waals surface area (Å²) in [5, 5.41) is 0. The number of allylic oxidation sites excluding steroid dienone is 2. The summed E-state index contributed by atoms with van der Waals surface area (Å²) >= 11 is 0. The predicted octanol–water partition coefficient (Wildman–Crippen LogP) is 2.90. The maximum absolute atomic E-state index is 5.59. The standard InChI is InChI=1S/C9H18OSi/c1-6-10-11(4,5)8-7-9(2)3/h7-8H,2,6H2,1,3-5H3. The van der Waals surface area contributed by atoms with E-state index in [1.54, 1.807) is 0 Å². The van der Waals surface area contributed by atoms with Gasteiger partial charge in [0.1, 0.15) is 0 Å². The summed E-state index contributed by atoms with van der Waals surface area (Å²) in [4.78, 5) is 0. The minimum atomic E-state index is -1.51. The second-order valence-corrected chi connectivity index (χ2v) is 7.05. The van der Waals surface area contributed by atoms with E-state index in [0.29, 0.717) is 0 Å². The molecule has 0 aromatic carbocycles. The van der Waals surface area contributed by atoms with Crippen molar-refractivity contribution in [2.45, 2.75) is 26.9 Å². The molecule has 2 heteroatoms. The van der Waals surface area contributed by atoms with E-state index in [4.69, 9.17) is 4.43 Å². The van der Waals surface area contributed by atoms with E-state index >= 15 is 0 Å². The first-order chi connectivity index (χ1) is 4.98. The van der Waals surface area contributed by atoms with Crippen LogP contribution in [0.5, 0.6) is 0 Å². The Labute approximate surface area is 70.9 Å². The van der Waals surface area contributed by atoms with E-state index in [-0.39, 0.29) is 0 Å². The average Bonchev–Trinajstić information content (AvgIpc) is 1.84. The van der Waals surface area contributed by atoms with Crippen molar-refractivity contribution in [3.05, 3.63) is 23.9 Å². The van der Waals surface area contributed by atoms with Gasteiger partial charge in [0.05, 0.1) is 0 Å². The zero-order valence-electron chi connectivity index (χ0n) is 7.98. The highest BCUT2D eigenvalue weighted by Crippen LogP contribution is 2.06. The van der Waals surface area contributed by atoms with Crippen molar-refractivity contribution in [3.8, 4) is 0 Å². The topological polar surface area (TPSA) is 9.23 Å². The molecule has 1 nitrogen and oxygen atoms in total. The van der Waals surface area contributed by atoms with Crippen LogP contribution in [-0.2, 0) is 4.43 Å². The Morgan fingerprint density at radius 1 is 1.55 bits per heavy atom. The fourth-order valence-electron chi connectivity index (χ4n) is 0.763. The summed E-state index contributed by atoms with van der Waals surface area (Å²) < 4.78 is 5.59. The van der Waals surface area contributed by atoms with Gasteiger partial charge in [-0.1, -0.05) is 23.9 Å². The van der Waals surface area contributed by atoms with Gasteiger partial charge < -0.3 is 4.43 Å². The van der Waals surface area contributed by atoms with Crippen LogP contribution >= 0.6 is 0 Å². The third-order valence-electron chi connectivity index (χ3n) is 1.29. The van der Waals surface area contributed by atoms with Gasteiger partial charge in [0.15, 0.2) is 0 Å². The molecule has 0 amide bonds. The van der Waals surface area contributed by atoms with Crippen LogP contribution in [0.15, 0.2) is 23.9 Å². The predicted molar refractivity (Wildman–Crippen MR) is 53.1 cm³/mol. The molecule has 0 fully saturated rings. The van der Waals surface area contributed by atoms with Crippen LogP contribution in [-0.4, -0.2) is 14.9 Å². The SMILES string of the molecule is C=C(C)C=C[Si](C)(C)OCC. The quantitative estimate of drug-likeness (QED) is 0.465. The summed E-state index contributed by atoms with van der Waals surface area (Å²) in [6, 6.07) is 0. The fourth-order valence-corrected chi connectivity index (χ4v) is 2.29. The van der Waals surface area contributed by atoms with Gasteiger partial charge in [0, 0.05) is 6.61 Å². The molecule has 0 aliphatic heterocycles. The summed E-state index contributed by atoms with van der Waals surface area (Å²) in [6.45, 7) is 13.0. The van der Waals surface area contributed by atoms with Crippen molar-refractivity contribution in [2.24, 2.45) is 0 Å². The lowest BCUT2D eigenvalue weighted by atomic mass is 10.4. The van der Waals surface area contributed by atoms with Gasteiger partial charge in [-0.3, -0.25) is 0 Å². The van der Waals surface area contributed by atoms with Crippen LogP contribution in [0.4, 0.5) is 0 Å². The second-order valence-electron chi connectivity index (χ2n) is 3.22. The average molecular weight is 170 g/mol. The lowest BCUT2D eigenvalue weighted by Gasteiger charge is -2.16. The Balaban J connectivity index is 3.99. The highest BCUT2D eigenvalue weighted by Gasteiger charge is 2.16. The van der Waals surface area contributed by atoms with Gasteiger partial charge in [0.25, 0.3) is 0 Å². The molecule has 0 unspecified atom stereocenters. The van der Waals surface area contributed by atoms with Crippen molar-refractivity contribution in [2.75, 3.05) is 6.61 Å². The first-order valence-electron chi connectivity index (χ1n) is 3.96. The highest BCUT2D eigenvalue weighted by atomic mass is 28.4. The number of hydrogen-bond donors (Lipinski definition) is 0. The van der Waals surface area contributed by atoms with Crippen LogP contribution < -0.4 is 0 Å². The van der Waals surface area contributed by atoms with E-state index in [0.717, 1.165) is 12.2 Å². The van der Waals surface area contributed by atoms with E-state index in [2.05, 4.69) is 25.4 Å². The van der Waals surface area contributed by atoms with Gasteiger partial charge in [-0.05, 0) is 26.9 Å². The fraction of sp³-hybridized carbons (Fsp3) is 0.556. The molecular weight excluding hydrogens is 152 g/mol. The van der Waals surface area contributed by atoms with Crippen LogP contribution in [0.25, 0.3) is 0 Å². The Kier molecular flexibility index (Phi) is 4.38. The Morgan fingerprint density at radius 3 is 2.45 bits per heavy atom. The minimum Gasteiger partial charge on any atom is -0.414 e. The Morgan fingerprint density at radius 2 is 2.09 bits per heavy atom. The number of rotatable bonds is 4.